The van der Waals surface area contributed by atoms with Crippen LogP contribution >= 0.6 is 0 Å². The zero-order chi connectivity index (χ0) is 13.7. The summed E-state index contributed by atoms with van der Waals surface area (Å²) in [7, 11) is 1.40. The highest BCUT2D eigenvalue weighted by Crippen LogP contribution is 2.34. The molecule has 1 aromatic rings. The Hall–Kier alpha value is -1.35. The number of carbonyl (C=O) groups excluding carboxylic acids is 1. The fraction of sp³-hybridized carbons (Fsp3) is 0.562. The summed E-state index contributed by atoms with van der Waals surface area (Å²) < 4.78 is 4.69. The Labute approximate surface area is 115 Å². The Balaban J connectivity index is 1.82. The van der Waals surface area contributed by atoms with E-state index in [0.717, 1.165) is 12.5 Å². The van der Waals surface area contributed by atoms with E-state index in [9.17, 15) is 4.79 Å². The number of methoxy groups -OCH3 is 1. The summed E-state index contributed by atoms with van der Waals surface area (Å²) >= 11 is 0. The number of rotatable bonds is 7. The lowest BCUT2D eigenvalue weighted by Crippen LogP contribution is -2.28. The van der Waals surface area contributed by atoms with E-state index < -0.39 is 0 Å². The smallest absolute Gasteiger partial charge is 0.337 e. The van der Waals surface area contributed by atoms with Gasteiger partial charge in [0.05, 0.1) is 12.7 Å². The van der Waals surface area contributed by atoms with Crippen LogP contribution in [-0.4, -0.2) is 19.1 Å². The molecular weight excluding hydrogens is 238 g/mol. The normalized spacial score (nSPS) is 16.1. The van der Waals surface area contributed by atoms with Crippen LogP contribution < -0.4 is 5.32 Å². The Morgan fingerprint density at radius 1 is 1.37 bits per heavy atom. The quantitative estimate of drug-likeness (QED) is 0.766. The number of nitrogens with one attached hydrogen (secondary N) is 1. The van der Waals surface area contributed by atoms with Gasteiger partial charge >= 0.3 is 5.97 Å². The predicted octanol–water partition coefficient (Wildman–Crippen LogP) is 3.14. The second kappa shape index (κ2) is 6.71. The highest BCUT2D eigenvalue weighted by atomic mass is 16.5. The van der Waals surface area contributed by atoms with Crippen LogP contribution in [0.1, 0.15) is 48.5 Å². The molecule has 0 bridgehead atoms. The fourth-order valence-corrected chi connectivity index (χ4v) is 2.29. The molecule has 0 spiro atoms. The van der Waals surface area contributed by atoms with E-state index >= 15 is 0 Å². The summed E-state index contributed by atoms with van der Waals surface area (Å²) in [4.78, 5) is 11.3. The van der Waals surface area contributed by atoms with Crippen LogP contribution in [0.4, 0.5) is 0 Å². The van der Waals surface area contributed by atoms with Gasteiger partial charge in [-0.25, -0.2) is 4.79 Å². The second-order valence-electron chi connectivity index (χ2n) is 5.35. The van der Waals surface area contributed by atoms with Gasteiger partial charge in [-0.3, -0.25) is 0 Å². The first-order valence-electron chi connectivity index (χ1n) is 7.13. The summed E-state index contributed by atoms with van der Waals surface area (Å²) in [5.74, 6) is 0.679. The Morgan fingerprint density at radius 3 is 2.58 bits per heavy atom. The molecule has 0 radical (unpaired) electrons. The van der Waals surface area contributed by atoms with E-state index in [-0.39, 0.29) is 5.97 Å². The maximum absolute atomic E-state index is 11.3. The number of ether oxygens (including phenoxy) is 1. The molecular formula is C16H23NO2. The van der Waals surface area contributed by atoms with Crippen molar-refractivity contribution in [1.82, 2.24) is 5.32 Å². The van der Waals surface area contributed by atoms with Gasteiger partial charge in [0.15, 0.2) is 0 Å². The largest absolute Gasteiger partial charge is 0.465 e. The topological polar surface area (TPSA) is 38.3 Å². The molecule has 1 unspecified atom stereocenters. The zero-order valence-electron chi connectivity index (χ0n) is 11.8. The van der Waals surface area contributed by atoms with Gasteiger partial charge in [0.25, 0.3) is 0 Å². The minimum absolute atomic E-state index is 0.278. The molecule has 2 rings (SSSR count). The van der Waals surface area contributed by atoms with Gasteiger partial charge in [-0.1, -0.05) is 31.9 Å². The molecule has 3 nitrogen and oxygen atoms in total. The van der Waals surface area contributed by atoms with Crippen molar-refractivity contribution in [3.8, 4) is 0 Å². The lowest BCUT2D eigenvalue weighted by molar-refractivity contribution is 0.0600. The molecule has 19 heavy (non-hydrogen) atoms. The van der Waals surface area contributed by atoms with Gasteiger partial charge in [0, 0.05) is 12.6 Å². The molecule has 0 amide bonds. The van der Waals surface area contributed by atoms with Crippen LogP contribution in [-0.2, 0) is 11.3 Å². The summed E-state index contributed by atoms with van der Waals surface area (Å²) in [5, 5.41) is 3.60. The summed E-state index contributed by atoms with van der Waals surface area (Å²) in [5.41, 5.74) is 1.82. The van der Waals surface area contributed by atoms with Crippen molar-refractivity contribution in [3.63, 3.8) is 0 Å². The molecule has 1 N–H and O–H groups in total. The van der Waals surface area contributed by atoms with Crippen molar-refractivity contribution in [2.75, 3.05) is 7.11 Å². The number of hydrogen-bond acceptors (Lipinski definition) is 3. The van der Waals surface area contributed by atoms with E-state index in [4.69, 9.17) is 0 Å². The van der Waals surface area contributed by atoms with Crippen molar-refractivity contribution in [3.05, 3.63) is 35.4 Å². The van der Waals surface area contributed by atoms with Crippen LogP contribution in [0.15, 0.2) is 24.3 Å². The number of carbonyl (C=O) groups is 1. The molecule has 0 aromatic heterocycles. The van der Waals surface area contributed by atoms with Crippen molar-refractivity contribution in [2.45, 2.75) is 45.2 Å². The second-order valence-corrected chi connectivity index (χ2v) is 5.35. The van der Waals surface area contributed by atoms with Crippen molar-refractivity contribution in [1.29, 1.82) is 0 Å². The molecule has 1 atom stereocenters. The highest BCUT2D eigenvalue weighted by Gasteiger charge is 2.24. The third-order valence-electron chi connectivity index (χ3n) is 3.78. The molecule has 1 aliphatic rings. The third-order valence-corrected chi connectivity index (χ3v) is 3.78. The Kier molecular flexibility index (Phi) is 4.97. The van der Waals surface area contributed by atoms with Gasteiger partial charge in [-0.2, -0.15) is 0 Å². The SMILES string of the molecule is CCC(CC1CC1)NCc1ccc(C(=O)OC)cc1. The average molecular weight is 261 g/mol. The Bertz CT molecular complexity index is 409. The zero-order valence-corrected chi connectivity index (χ0v) is 11.8. The van der Waals surface area contributed by atoms with Crippen molar-refractivity contribution in [2.24, 2.45) is 5.92 Å². The molecule has 0 aliphatic heterocycles. The number of benzene rings is 1. The molecule has 1 fully saturated rings. The fourth-order valence-electron chi connectivity index (χ4n) is 2.29. The molecule has 1 saturated carbocycles. The minimum Gasteiger partial charge on any atom is -0.465 e. The lowest BCUT2D eigenvalue weighted by atomic mass is 10.1. The predicted molar refractivity (Wildman–Crippen MR) is 76.0 cm³/mol. The summed E-state index contributed by atoms with van der Waals surface area (Å²) in [6.07, 6.45) is 5.30. The average Bonchev–Trinajstić information content (AvgIpc) is 3.27. The number of esters is 1. The minimum atomic E-state index is -0.278. The van der Waals surface area contributed by atoms with E-state index in [0.29, 0.717) is 11.6 Å². The summed E-state index contributed by atoms with van der Waals surface area (Å²) in [6.45, 7) is 3.10. The maximum Gasteiger partial charge on any atom is 0.337 e. The van der Waals surface area contributed by atoms with Crippen LogP contribution in [0.25, 0.3) is 0 Å². The van der Waals surface area contributed by atoms with Crippen LogP contribution in [0.5, 0.6) is 0 Å². The van der Waals surface area contributed by atoms with Crippen LogP contribution in [0.3, 0.4) is 0 Å². The number of hydrogen-bond donors (Lipinski definition) is 1. The van der Waals surface area contributed by atoms with Crippen molar-refractivity contribution >= 4 is 5.97 Å². The standard InChI is InChI=1S/C16H23NO2/c1-3-15(10-12-4-5-12)17-11-13-6-8-14(9-7-13)16(18)19-2/h6-9,12,15,17H,3-5,10-11H2,1-2H3. The molecule has 0 saturated heterocycles. The molecule has 1 aromatic carbocycles. The molecule has 0 heterocycles. The first kappa shape index (κ1) is 14.1. The summed E-state index contributed by atoms with van der Waals surface area (Å²) in [6, 6.07) is 8.24. The third kappa shape index (κ3) is 4.35. The van der Waals surface area contributed by atoms with Gasteiger partial charge in [0.2, 0.25) is 0 Å². The first-order valence-corrected chi connectivity index (χ1v) is 7.13. The van der Waals surface area contributed by atoms with E-state index in [2.05, 4.69) is 17.0 Å². The first-order chi connectivity index (χ1) is 9.22. The van der Waals surface area contributed by atoms with Crippen LogP contribution in [0.2, 0.25) is 0 Å². The van der Waals surface area contributed by atoms with Gasteiger partial charge in [0.1, 0.15) is 0 Å². The van der Waals surface area contributed by atoms with Gasteiger partial charge in [-0.15, -0.1) is 0 Å². The van der Waals surface area contributed by atoms with Crippen molar-refractivity contribution < 1.29 is 9.53 Å². The van der Waals surface area contributed by atoms with Gasteiger partial charge < -0.3 is 10.1 Å². The molecule has 104 valence electrons. The van der Waals surface area contributed by atoms with E-state index in [1.807, 2.05) is 24.3 Å². The van der Waals surface area contributed by atoms with Crippen LogP contribution in [0, 0.1) is 5.92 Å². The molecule has 3 heteroatoms. The van der Waals surface area contributed by atoms with E-state index in [1.54, 1.807) is 0 Å². The lowest BCUT2D eigenvalue weighted by Gasteiger charge is -2.16. The monoisotopic (exact) mass is 261 g/mol. The maximum atomic E-state index is 11.3. The van der Waals surface area contributed by atoms with Gasteiger partial charge in [-0.05, 0) is 36.5 Å². The van der Waals surface area contributed by atoms with E-state index in [1.165, 1.54) is 38.4 Å². The highest BCUT2D eigenvalue weighted by molar-refractivity contribution is 5.89. The Morgan fingerprint density at radius 2 is 2.05 bits per heavy atom. The molecule has 1 aliphatic carbocycles.